The van der Waals surface area contributed by atoms with Crippen molar-refractivity contribution in [3.63, 3.8) is 0 Å². The summed E-state index contributed by atoms with van der Waals surface area (Å²) in [5.74, 6) is -1.53. The Morgan fingerprint density at radius 2 is 0.832 bits per heavy atom. The second kappa shape index (κ2) is 48.8. The van der Waals surface area contributed by atoms with Crippen LogP contribution in [0.1, 0.15) is 252 Å². The Morgan fingerprint density at radius 1 is 0.432 bits per heavy atom. The van der Waals surface area contributed by atoms with E-state index in [0.29, 0.717) is 12.8 Å². The molecule has 0 aromatic rings. The molecule has 0 bridgehead atoms. The summed E-state index contributed by atoms with van der Waals surface area (Å²) >= 11 is 0. The monoisotopic (exact) mass is 1370 g/mol. The first-order valence-electron chi connectivity index (χ1n) is 36.8. The first-order valence-corrected chi connectivity index (χ1v) is 36.8. The van der Waals surface area contributed by atoms with Crippen LogP contribution in [-0.4, -0.2) is 257 Å². The highest BCUT2D eigenvalue weighted by Crippen LogP contribution is 2.33. The molecule has 26 nitrogen and oxygen atoms in total. The van der Waals surface area contributed by atoms with Gasteiger partial charge in [0.05, 0.1) is 44.7 Å². The van der Waals surface area contributed by atoms with Gasteiger partial charge in [-0.2, -0.15) is 0 Å². The Hall–Kier alpha value is -1.94. The first kappa shape index (κ1) is 85.5. The quantitative estimate of drug-likeness (QED) is 0.0386. The topological polar surface area (TPSA) is 415 Å². The van der Waals surface area contributed by atoms with Crippen molar-refractivity contribution in [1.29, 1.82) is 0 Å². The molecule has 4 rings (SSSR count). The lowest BCUT2D eigenvalue weighted by Crippen LogP contribution is -2.66. The number of aliphatic hydroxyl groups excluding tert-OH is 14. The predicted octanol–water partition coefficient (Wildman–Crippen LogP) is 3.71. The van der Waals surface area contributed by atoms with E-state index in [9.17, 15) is 81.1 Å². The van der Waals surface area contributed by atoms with E-state index in [0.717, 1.165) is 64.7 Å². The molecule has 0 aliphatic carbocycles. The SMILES string of the molecule is CCCCCCCCCCCCCCCCCCCCCCC(O)C(=O)NC(COC1OC(CO)C(O)C(O)C1OC1OC(COC2OC(COC3OC(C(C)O)C(O)C3O)C(O)C(O)C2NC(C)=O)C(O)C(O)C1O)C(O)C(O)CCCCCCCCCCCCCCC. The molecular weight excluding hydrogens is 1240 g/mol. The molecule has 0 radical (unpaired) electrons. The van der Waals surface area contributed by atoms with E-state index in [1.807, 2.05) is 0 Å². The van der Waals surface area contributed by atoms with Crippen LogP contribution in [0.4, 0.5) is 0 Å². The molecular formula is C69H130N2O24. The smallest absolute Gasteiger partial charge is 0.249 e. The van der Waals surface area contributed by atoms with E-state index in [-0.39, 0.29) is 12.8 Å². The fourth-order valence-corrected chi connectivity index (χ4v) is 13.1. The van der Waals surface area contributed by atoms with Gasteiger partial charge in [-0.25, -0.2) is 0 Å². The Morgan fingerprint density at radius 3 is 1.27 bits per heavy atom. The highest BCUT2D eigenvalue weighted by molar-refractivity contribution is 5.80. The molecule has 16 N–H and O–H groups in total. The van der Waals surface area contributed by atoms with Gasteiger partial charge in [0.2, 0.25) is 11.8 Å². The normalized spacial score (nSPS) is 32.0. The zero-order valence-electron chi connectivity index (χ0n) is 57.8. The Labute approximate surface area is 565 Å². The number of aliphatic hydroxyl groups is 14. The van der Waals surface area contributed by atoms with Crippen LogP contribution in [0.3, 0.4) is 0 Å². The molecule has 4 fully saturated rings. The fraction of sp³-hybridized carbons (Fsp3) is 0.971. The maximum absolute atomic E-state index is 13.7. The molecule has 26 heteroatoms. The van der Waals surface area contributed by atoms with E-state index < -0.39 is 185 Å². The number of carbonyl (C=O) groups excluding carboxylic acids is 2. The van der Waals surface area contributed by atoms with Gasteiger partial charge in [0.1, 0.15) is 104 Å². The number of ether oxygens (including phenoxy) is 8. The molecule has 0 spiro atoms. The number of unbranched alkanes of at least 4 members (excludes halogenated alkanes) is 31. The summed E-state index contributed by atoms with van der Waals surface area (Å²) < 4.78 is 46.7. The van der Waals surface area contributed by atoms with Crippen molar-refractivity contribution in [2.45, 2.75) is 400 Å². The van der Waals surface area contributed by atoms with Crippen molar-refractivity contribution in [2.75, 3.05) is 26.4 Å². The van der Waals surface area contributed by atoms with Crippen LogP contribution in [0.25, 0.3) is 0 Å². The molecule has 4 heterocycles. The average molecular weight is 1370 g/mol. The summed E-state index contributed by atoms with van der Waals surface area (Å²) in [6.07, 6.45) is 1.61. The third kappa shape index (κ3) is 30.7. The minimum atomic E-state index is -2.09. The maximum Gasteiger partial charge on any atom is 0.249 e. The Kier molecular flexibility index (Phi) is 43.9. The molecule has 2 amide bonds. The van der Waals surface area contributed by atoms with Crippen LogP contribution < -0.4 is 10.6 Å². The van der Waals surface area contributed by atoms with E-state index in [1.54, 1.807) is 0 Å². The molecule has 0 aromatic heterocycles. The minimum absolute atomic E-state index is 0.126. The third-order valence-corrected chi connectivity index (χ3v) is 19.2. The summed E-state index contributed by atoms with van der Waals surface area (Å²) in [6, 6.07) is -2.92. The Bertz CT molecular complexity index is 1960. The Balaban J connectivity index is 1.37. The van der Waals surface area contributed by atoms with Crippen molar-refractivity contribution in [2.24, 2.45) is 0 Å². The zero-order chi connectivity index (χ0) is 69.7. The molecule has 4 saturated heterocycles. The standard InChI is InChI=1S/C69H130N2O24/c1-5-7-9-11-13-15-17-19-20-21-22-23-24-25-27-29-31-33-35-37-39-48(76)65(87)71-46(53(77)47(75)38-36-34-32-30-28-26-18-16-14-12-10-8-6-2)41-88-69-64(59(83)54(78)49(40-72)91-69)95-68-61(85)58(82)56(80)51(93-68)42-89-66-52(70-45(4)74)57(81)55(79)50(92-66)43-90-67-62(86)60(84)63(94-67)44(3)73/h44,46-64,66-69,72-73,75-86H,5-43H2,1-4H3,(H,70,74)(H,71,87). The fourth-order valence-electron chi connectivity index (χ4n) is 13.1. The van der Waals surface area contributed by atoms with E-state index in [2.05, 4.69) is 24.5 Å². The van der Waals surface area contributed by atoms with Crippen LogP contribution in [0.5, 0.6) is 0 Å². The molecule has 24 atom stereocenters. The second-order valence-corrected chi connectivity index (χ2v) is 27.5. The van der Waals surface area contributed by atoms with Gasteiger partial charge >= 0.3 is 0 Å². The van der Waals surface area contributed by atoms with Gasteiger partial charge < -0.3 is 120 Å². The molecule has 560 valence electrons. The van der Waals surface area contributed by atoms with E-state index in [1.165, 1.54) is 148 Å². The van der Waals surface area contributed by atoms with Crippen LogP contribution in [0, 0.1) is 0 Å². The van der Waals surface area contributed by atoms with Crippen molar-refractivity contribution in [3.8, 4) is 0 Å². The van der Waals surface area contributed by atoms with Gasteiger partial charge in [-0.3, -0.25) is 9.59 Å². The molecule has 95 heavy (non-hydrogen) atoms. The molecule has 0 saturated carbocycles. The minimum Gasteiger partial charge on any atom is -0.394 e. The van der Waals surface area contributed by atoms with Crippen LogP contribution in [0.2, 0.25) is 0 Å². The zero-order valence-corrected chi connectivity index (χ0v) is 57.8. The van der Waals surface area contributed by atoms with Crippen LogP contribution in [-0.2, 0) is 47.5 Å². The van der Waals surface area contributed by atoms with Gasteiger partial charge in [0, 0.05) is 6.92 Å². The molecule has 4 aliphatic rings. The second-order valence-electron chi connectivity index (χ2n) is 27.5. The summed E-state index contributed by atoms with van der Waals surface area (Å²) in [4.78, 5) is 26.0. The number of carbonyl (C=O) groups is 2. The lowest BCUT2D eigenvalue weighted by molar-refractivity contribution is -0.371. The molecule has 0 aromatic carbocycles. The summed E-state index contributed by atoms with van der Waals surface area (Å²) in [5, 5.41) is 159. The van der Waals surface area contributed by atoms with Gasteiger partial charge in [0.25, 0.3) is 0 Å². The first-order chi connectivity index (χ1) is 45.7. The number of amides is 2. The van der Waals surface area contributed by atoms with Crippen molar-refractivity contribution in [3.05, 3.63) is 0 Å². The third-order valence-electron chi connectivity index (χ3n) is 19.2. The number of rotatable bonds is 53. The van der Waals surface area contributed by atoms with Gasteiger partial charge in [-0.05, 0) is 19.8 Å². The van der Waals surface area contributed by atoms with Crippen LogP contribution in [0.15, 0.2) is 0 Å². The lowest BCUT2D eigenvalue weighted by Gasteiger charge is -2.47. The van der Waals surface area contributed by atoms with Gasteiger partial charge in [-0.1, -0.05) is 226 Å². The summed E-state index contributed by atoms with van der Waals surface area (Å²) in [6.45, 7) is 4.00. The van der Waals surface area contributed by atoms with Crippen LogP contribution >= 0.6 is 0 Å². The van der Waals surface area contributed by atoms with E-state index in [4.69, 9.17) is 37.9 Å². The van der Waals surface area contributed by atoms with Crippen molar-refractivity contribution in [1.82, 2.24) is 10.6 Å². The average Bonchev–Trinajstić information content (AvgIpc) is 1.35. The number of nitrogens with one attached hydrogen (secondary N) is 2. The van der Waals surface area contributed by atoms with Gasteiger partial charge in [-0.15, -0.1) is 0 Å². The molecule has 4 aliphatic heterocycles. The number of hydrogen-bond donors (Lipinski definition) is 16. The van der Waals surface area contributed by atoms with Gasteiger partial charge in [0.15, 0.2) is 25.2 Å². The largest absolute Gasteiger partial charge is 0.394 e. The number of hydrogen-bond acceptors (Lipinski definition) is 24. The highest BCUT2D eigenvalue weighted by atomic mass is 16.8. The maximum atomic E-state index is 13.7. The van der Waals surface area contributed by atoms with Crippen molar-refractivity contribution >= 4 is 11.8 Å². The lowest BCUT2D eigenvalue weighted by atomic mass is 9.96. The summed E-state index contributed by atoms with van der Waals surface area (Å²) in [7, 11) is 0. The predicted molar refractivity (Wildman–Crippen MR) is 351 cm³/mol. The summed E-state index contributed by atoms with van der Waals surface area (Å²) in [5.41, 5.74) is 0. The molecule has 24 unspecified atom stereocenters. The highest BCUT2D eigenvalue weighted by Gasteiger charge is 2.53. The van der Waals surface area contributed by atoms with Crippen molar-refractivity contribution < 1.29 is 119 Å². The van der Waals surface area contributed by atoms with E-state index >= 15 is 0 Å².